The van der Waals surface area contributed by atoms with Gasteiger partial charge >= 0.3 is 5.97 Å². The minimum Gasteiger partial charge on any atom is -0.481 e. The summed E-state index contributed by atoms with van der Waals surface area (Å²) in [5.41, 5.74) is 2.05. The lowest BCUT2D eigenvalue weighted by Gasteiger charge is -2.10. The molecule has 1 amide bonds. The van der Waals surface area contributed by atoms with Gasteiger partial charge < -0.3 is 10.4 Å². The Hall–Kier alpha value is -2.63. The average Bonchev–Trinajstić information content (AvgIpc) is 3.25. The highest BCUT2D eigenvalue weighted by atomic mass is 16.4. The number of carbonyl (C=O) groups excluding carboxylic acids is 1. The summed E-state index contributed by atoms with van der Waals surface area (Å²) < 4.78 is 1.81. The molecule has 0 unspecified atom stereocenters. The number of para-hydroxylation sites is 1. The predicted octanol–water partition coefficient (Wildman–Crippen LogP) is 2.03. The minimum absolute atomic E-state index is 0.0331. The number of carboxylic acid groups (broad SMARTS) is 1. The van der Waals surface area contributed by atoms with E-state index < -0.39 is 5.97 Å². The fourth-order valence-electron chi connectivity index (χ4n) is 3.13. The van der Waals surface area contributed by atoms with Crippen LogP contribution < -0.4 is 5.32 Å². The average molecular weight is 327 g/mol. The number of amides is 1. The van der Waals surface area contributed by atoms with Crippen molar-refractivity contribution in [2.45, 2.75) is 25.7 Å². The summed E-state index contributed by atoms with van der Waals surface area (Å²) in [6.07, 6.45) is 6.17. The summed E-state index contributed by atoms with van der Waals surface area (Å²) >= 11 is 0. The van der Waals surface area contributed by atoms with Gasteiger partial charge in [-0.25, -0.2) is 4.68 Å². The van der Waals surface area contributed by atoms with Crippen LogP contribution in [-0.4, -0.2) is 33.3 Å². The molecule has 1 fully saturated rings. The van der Waals surface area contributed by atoms with E-state index in [-0.39, 0.29) is 17.7 Å². The second-order valence-electron chi connectivity index (χ2n) is 6.21. The number of hydrogen-bond donors (Lipinski definition) is 2. The van der Waals surface area contributed by atoms with E-state index in [1.165, 1.54) is 0 Å². The van der Waals surface area contributed by atoms with Gasteiger partial charge in [0.1, 0.15) is 0 Å². The molecule has 3 rings (SSSR count). The quantitative estimate of drug-likeness (QED) is 0.850. The Labute approximate surface area is 140 Å². The van der Waals surface area contributed by atoms with Crippen LogP contribution in [0.25, 0.3) is 5.69 Å². The number of rotatable bonds is 6. The minimum atomic E-state index is -0.793. The van der Waals surface area contributed by atoms with E-state index in [1.54, 1.807) is 6.20 Å². The molecule has 1 saturated carbocycles. The third kappa shape index (κ3) is 3.82. The van der Waals surface area contributed by atoms with Crippen LogP contribution in [0.5, 0.6) is 0 Å². The van der Waals surface area contributed by atoms with E-state index in [2.05, 4.69) is 10.4 Å². The number of hydrogen-bond acceptors (Lipinski definition) is 3. The van der Waals surface area contributed by atoms with Crippen molar-refractivity contribution in [2.75, 3.05) is 6.54 Å². The van der Waals surface area contributed by atoms with Crippen molar-refractivity contribution in [3.63, 3.8) is 0 Å². The van der Waals surface area contributed by atoms with E-state index in [0.717, 1.165) is 11.3 Å². The fraction of sp³-hybridized carbons (Fsp3) is 0.389. The zero-order valence-electron chi connectivity index (χ0n) is 13.4. The second kappa shape index (κ2) is 7.29. The van der Waals surface area contributed by atoms with Crippen molar-refractivity contribution in [2.24, 2.45) is 11.8 Å². The van der Waals surface area contributed by atoms with E-state index in [1.807, 2.05) is 41.2 Å². The van der Waals surface area contributed by atoms with Gasteiger partial charge in [0.2, 0.25) is 5.91 Å². The molecule has 6 heteroatoms. The molecule has 2 N–H and O–H groups in total. The smallest absolute Gasteiger partial charge is 0.306 e. The van der Waals surface area contributed by atoms with Crippen LogP contribution >= 0.6 is 0 Å². The van der Waals surface area contributed by atoms with Crippen molar-refractivity contribution >= 4 is 11.9 Å². The van der Waals surface area contributed by atoms with E-state index in [9.17, 15) is 9.59 Å². The topological polar surface area (TPSA) is 84.2 Å². The van der Waals surface area contributed by atoms with Gasteiger partial charge in [-0.3, -0.25) is 9.59 Å². The Morgan fingerprint density at radius 2 is 1.96 bits per heavy atom. The van der Waals surface area contributed by atoms with Crippen LogP contribution in [0.15, 0.2) is 42.7 Å². The van der Waals surface area contributed by atoms with E-state index in [4.69, 9.17) is 5.11 Å². The van der Waals surface area contributed by atoms with Crippen LogP contribution in [0.1, 0.15) is 24.8 Å². The van der Waals surface area contributed by atoms with E-state index in [0.29, 0.717) is 32.2 Å². The summed E-state index contributed by atoms with van der Waals surface area (Å²) in [4.78, 5) is 23.1. The molecule has 0 spiro atoms. The van der Waals surface area contributed by atoms with Crippen LogP contribution in [0.4, 0.5) is 0 Å². The standard InChI is InChI=1S/C18H21N3O3/c22-17(14-6-7-15(10-14)18(23)24)19-9-8-13-11-20-21(12-13)16-4-2-1-3-5-16/h1-5,11-12,14-15H,6-10H2,(H,19,22)(H,23,24)/t14-,15+/m0/s1. The number of aromatic nitrogens is 2. The van der Waals surface area contributed by atoms with E-state index >= 15 is 0 Å². The first kappa shape index (κ1) is 16.2. The number of benzene rings is 1. The molecule has 0 bridgehead atoms. The Kier molecular flexibility index (Phi) is 4.93. The largest absolute Gasteiger partial charge is 0.481 e. The van der Waals surface area contributed by atoms with Gasteiger partial charge in [-0.15, -0.1) is 0 Å². The van der Waals surface area contributed by atoms with Crippen molar-refractivity contribution in [3.8, 4) is 5.69 Å². The summed E-state index contributed by atoms with van der Waals surface area (Å²) in [7, 11) is 0. The zero-order valence-corrected chi connectivity index (χ0v) is 13.4. The van der Waals surface area contributed by atoms with Gasteiger partial charge in [-0.05, 0) is 43.4 Å². The summed E-state index contributed by atoms with van der Waals surface area (Å²) in [5, 5.41) is 16.2. The molecule has 126 valence electrons. The van der Waals surface area contributed by atoms with Crippen LogP contribution in [0.2, 0.25) is 0 Å². The number of nitrogens with zero attached hydrogens (tertiary/aromatic N) is 2. The molecule has 24 heavy (non-hydrogen) atoms. The molecule has 1 aromatic carbocycles. The maximum absolute atomic E-state index is 12.1. The third-order valence-electron chi connectivity index (χ3n) is 4.52. The van der Waals surface area contributed by atoms with Crippen molar-refractivity contribution in [3.05, 3.63) is 48.3 Å². The number of nitrogens with one attached hydrogen (secondary N) is 1. The van der Waals surface area contributed by atoms with Crippen molar-refractivity contribution < 1.29 is 14.7 Å². The molecule has 1 heterocycles. The first-order valence-corrected chi connectivity index (χ1v) is 8.23. The van der Waals surface area contributed by atoms with Crippen molar-refractivity contribution in [1.82, 2.24) is 15.1 Å². The Balaban J connectivity index is 1.46. The molecule has 0 saturated heterocycles. The van der Waals surface area contributed by atoms with Gasteiger partial charge in [0.15, 0.2) is 0 Å². The maximum atomic E-state index is 12.1. The molecule has 2 atom stereocenters. The number of carboxylic acids is 1. The highest BCUT2D eigenvalue weighted by molar-refractivity contribution is 5.80. The number of carbonyl (C=O) groups is 2. The lowest BCUT2D eigenvalue weighted by Crippen LogP contribution is -2.31. The second-order valence-corrected chi connectivity index (χ2v) is 6.21. The van der Waals surface area contributed by atoms with Gasteiger partial charge in [0.25, 0.3) is 0 Å². The van der Waals surface area contributed by atoms with Gasteiger partial charge in [-0.2, -0.15) is 5.10 Å². The molecular formula is C18H21N3O3. The number of aliphatic carboxylic acids is 1. The highest BCUT2D eigenvalue weighted by Crippen LogP contribution is 2.31. The highest BCUT2D eigenvalue weighted by Gasteiger charge is 2.33. The normalized spacial score (nSPS) is 20.0. The molecule has 1 aliphatic carbocycles. The first-order valence-electron chi connectivity index (χ1n) is 8.23. The molecule has 2 aromatic rings. The SMILES string of the molecule is O=C(O)[C@@H]1CC[C@H](C(=O)NCCc2cnn(-c3ccccc3)c2)C1. The molecule has 1 aromatic heterocycles. The molecule has 1 aliphatic rings. The molecule has 6 nitrogen and oxygen atoms in total. The van der Waals surface area contributed by atoms with Gasteiger partial charge in [-0.1, -0.05) is 18.2 Å². The fourth-order valence-corrected chi connectivity index (χ4v) is 3.13. The maximum Gasteiger partial charge on any atom is 0.306 e. The Bertz CT molecular complexity index is 711. The Morgan fingerprint density at radius 3 is 2.67 bits per heavy atom. The van der Waals surface area contributed by atoms with Crippen LogP contribution in [-0.2, 0) is 16.0 Å². The lowest BCUT2D eigenvalue weighted by molar-refractivity contribution is -0.141. The summed E-state index contributed by atoms with van der Waals surface area (Å²) in [6.45, 7) is 0.535. The molecule has 0 aliphatic heterocycles. The lowest BCUT2D eigenvalue weighted by atomic mass is 10.0. The predicted molar refractivity (Wildman–Crippen MR) is 88.7 cm³/mol. The van der Waals surface area contributed by atoms with Gasteiger partial charge in [0.05, 0.1) is 17.8 Å². The summed E-state index contributed by atoms with van der Waals surface area (Å²) in [5.74, 6) is -1.36. The van der Waals surface area contributed by atoms with Gasteiger partial charge in [0, 0.05) is 18.7 Å². The first-order chi connectivity index (χ1) is 11.6. The monoisotopic (exact) mass is 327 g/mol. The molecule has 0 radical (unpaired) electrons. The Morgan fingerprint density at radius 1 is 1.21 bits per heavy atom. The molecular weight excluding hydrogens is 306 g/mol. The third-order valence-corrected chi connectivity index (χ3v) is 4.52. The zero-order chi connectivity index (χ0) is 16.9. The van der Waals surface area contributed by atoms with Crippen LogP contribution in [0, 0.1) is 11.8 Å². The van der Waals surface area contributed by atoms with Crippen LogP contribution in [0.3, 0.4) is 0 Å². The van der Waals surface area contributed by atoms with Crippen molar-refractivity contribution in [1.29, 1.82) is 0 Å². The summed E-state index contributed by atoms with van der Waals surface area (Å²) in [6, 6.07) is 9.85.